The van der Waals surface area contributed by atoms with Crippen molar-refractivity contribution in [2.75, 3.05) is 0 Å². The van der Waals surface area contributed by atoms with E-state index in [9.17, 15) is 14.4 Å². The van der Waals surface area contributed by atoms with Crippen LogP contribution in [-0.4, -0.2) is 59.4 Å². The molecule has 0 saturated heterocycles. The molecule has 0 fully saturated rings. The van der Waals surface area contributed by atoms with Crippen molar-refractivity contribution in [2.45, 2.75) is 329 Å². The van der Waals surface area contributed by atoms with Crippen LogP contribution < -0.4 is 0 Å². The minimum atomic E-state index is -0.653. The Balaban J connectivity index is -0.000000396. The van der Waals surface area contributed by atoms with Crippen molar-refractivity contribution in [3.63, 3.8) is 0 Å². The molecule has 6 nitrogen and oxygen atoms in total. The van der Waals surface area contributed by atoms with E-state index >= 15 is 0 Å². The summed E-state index contributed by atoms with van der Waals surface area (Å²) in [6, 6.07) is 0. The Morgan fingerprint density at radius 1 is 0.213 bits per heavy atom. The third-order valence-electron chi connectivity index (χ3n) is 12.0. The Hall–Kier alpha value is -0.707. The van der Waals surface area contributed by atoms with E-state index in [4.69, 9.17) is 15.3 Å². The van der Waals surface area contributed by atoms with Crippen molar-refractivity contribution in [2.24, 2.45) is 0 Å². The van der Waals surface area contributed by atoms with Crippen molar-refractivity contribution < 1.29 is 29.7 Å². The van der Waals surface area contributed by atoms with Crippen LogP contribution in [0.4, 0.5) is 0 Å². The maximum Gasteiger partial charge on any atom is 0.303 e. The van der Waals surface area contributed by atoms with Gasteiger partial charge >= 0.3 is 17.9 Å². The molecule has 0 spiro atoms. The molecule has 0 aromatic rings. The van der Waals surface area contributed by atoms with E-state index in [1.807, 2.05) is 0 Å². The zero-order chi connectivity index (χ0) is 44.7. The van der Waals surface area contributed by atoms with E-state index in [0.29, 0.717) is 19.3 Å². The smallest absolute Gasteiger partial charge is 0.303 e. The molecule has 0 aliphatic heterocycles. The first-order chi connectivity index (χ1) is 29.3. The zero-order valence-corrected chi connectivity index (χ0v) is 44.9. The molecule has 7 heteroatoms. The van der Waals surface area contributed by atoms with Crippen molar-refractivity contribution >= 4 is 44.1 Å². The van der Waals surface area contributed by atoms with E-state index in [2.05, 4.69) is 20.8 Å². The van der Waals surface area contributed by atoms with Crippen LogP contribution >= 0.6 is 0 Å². The third kappa shape index (κ3) is 76.9. The number of unbranched alkanes of at least 4 members (excludes halogenated alkanes) is 42. The number of rotatable bonds is 48. The topological polar surface area (TPSA) is 112 Å². The van der Waals surface area contributed by atoms with Gasteiger partial charge in [-0.05, 0) is 19.3 Å². The SMILES string of the molecule is CCCCCCCCCCCCCCCCCC(=O)O.CCCCCCCCCCCCCCCCCC(=O)O.CCCCCCCCCCCCCCCCCC(=O)O.[Bi]. The number of carbonyl (C=O) groups is 3. The van der Waals surface area contributed by atoms with E-state index in [-0.39, 0.29) is 26.2 Å². The fraction of sp³-hybridized carbons (Fsp3) is 0.944. The standard InChI is InChI=1S/3C18H36O2.Bi/c3*1-2-3-4-5-6-7-8-9-10-11-12-13-14-15-16-17-18(19)20;/h3*2-17H2,1H3,(H,19,20);. The Labute approximate surface area is 400 Å². The Morgan fingerprint density at radius 3 is 0.410 bits per heavy atom. The second-order valence-electron chi connectivity index (χ2n) is 18.3. The molecule has 0 aromatic heterocycles. The van der Waals surface area contributed by atoms with Gasteiger partial charge < -0.3 is 15.3 Å². The number of hydrogen-bond donors (Lipinski definition) is 3. The van der Waals surface area contributed by atoms with Crippen LogP contribution in [0.1, 0.15) is 329 Å². The van der Waals surface area contributed by atoms with Gasteiger partial charge in [0.15, 0.2) is 0 Å². The molecule has 0 aromatic carbocycles. The second kappa shape index (κ2) is 63.6. The van der Waals surface area contributed by atoms with Crippen LogP contribution in [-0.2, 0) is 14.4 Å². The molecule has 0 saturated carbocycles. The van der Waals surface area contributed by atoms with Crippen LogP contribution in [0.25, 0.3) is 0 Å². The fourth-order valence-electron chi connectivity index (χ4n) is 7.94. The monoisotopic (exact) mass is 1060 g/mol. The van der Waals surface area contributed by atoms with E-state index in [1.165, 1.54) is 250 Å². The summed E-state index contributed by atoms with van der Waals surface area (Å²) in [5, 5.41) is 25.6. The molecular weight excluding hydrogens is 954 g/mol. The van der Waals surface area contributed by atoms with Crippen molar-refractivity contribution in [3.05, 3.63) is 0 Å². The summed E-state index contributed by atoms with van der Waals surface area (Å²) in [5.74, 6) is -1.96. The first kappa shape index (κ1) is 66.9. The van der Waals surface area contributed by atoms with Crippen LogP contribution in [0.3, 0.4) is 0 Å². The Morgan fingerprint density at radius 2 is 0.311 bits per heavy atom. The van der Waals surface area contributed by atoms with E-state index in [0.717, 1.165) is 38.5 Å². The first-order valence-corrected chi connectivity index (χ1v) is 27.0. The zero-order valence-electron chi connectivity index (χ0n) is 41.5. The van der Waals surface area contributed by atoms with Crippen molar-refractivity contribution in [1.29, 1.82) is 0 Å². The quantitative estimate of drug-likeness (QED) is 0.0413. The van der Waals surface area contributed by atoms with Gasteiger partial charge in [0, 0.05) is 45.5 Å². The minimum absolute atomic E-state index is 0. The number of aliphatic carboxylic acids is 3. The minimum Gasteiger partial charge on any atom is -0.481 e. The van der Waals surface area contributed by atoms with E-state index < -0.39 is 17.9 Å². The van der Waals surface area contributed by atoms with Gasteiger partial charge in [-0.15, -0.1) is 0 Å². The predicted octanol–water partition coefficient (Wildman–Crippen LogP) is 18.6. The summed E-state index contributed by atoms with van der Waals surface area (Å²) in [6.07, 6.45) is 60.6. The molecule has 0 aliphatic carbocycles. The molecule has 0 bridgehead atoms. The van der Waals surface area contributed by atoms with Crippen molar-refractivity contribution in [3.8, 4) is 0 Å². The molecule has 0 amide bonds. The summed E-state index contributed by atoms with van der Waals surface area (Å²) < 4.78 is 0. The molecule has 3 N–H and O–H groups in total. The normalized spacial score (nSPS) is 10.7. The molecular formula is C54H108BiO6. The summed E-state index contributed by atoms with van der Waals surface area (Å²) in [5.41, 5.74) is 0. The number of carboxylic acid groups (broad SMARTS) is 3. The molecule has 0 atom stereocenters. The molecule has 0 rings (SSSR count). The molecule has 365 valence electrons. The third-order valence-corrected chi connectivity index (χ3v) is 12.0. The molecule has 0 heterocycles. The molecule has 0 aliphatic rings. The maximum absolute atomic E-state index is 10.3. The Kier molecular flexibility index (Phi) is 69.7. The second-order valence-corrected chi connectivity index (χ2v) is 18.3. The number of hydrogen-bond acceptors (Lipinski definition) is 3. The average molecular weight is 1060 g/mol. The maximum atomic E-state index is 10.3. The van der Waals surface area contributed by atoms with Crippen LogP contribution in [0.15, 0.2) is 0 Å². The average Bonchev–Trinajstić information content (AvgIpc) is 3.22. The summed E-state index contributed by atoms with van der Waals surface area (Å²) in [4.78, 5) is 31.0. The van der Waals surface area contributed by atoms with Gasteiger partial charge in [-0.2, -0.15) is 0 Å². The van der Waals surface area contributed by atoms with Gasteiger partial charge in [-0.25, -0.2) is 0 Å². The molecule has 61 heavy (non-hydrogen) atoms. The Bertz CT molecular complexity index is 717. The summed E-state index contributed by atoms with van der Waals surface area (Å²) >= 11 is 0. The number of carboxylic acids is 3. The van der Waals surface area contributed by atoms with Gasteiger partial charge in [0.05, 0.1) is 0 Å². The van der Waals surface area contributed by atoms with Gasteiger partial charge in [0.2, 0.25) is 0 Å². The van der Waals surface area contributed by atoms with Gasteiger partial charge in [0.25, 0.3) is 0 Å². The largest absolute Gasteiger partial charge is 0.481 e. The fourth-order valence-corrected chi connectivity index (χ4v) is 7.94. The van der Waals surface area contributed by atoms with Gasteiger partial charge in [0.1, 0.15) is 0 Å². The van der Waals surface area contributed by atoms with Gasteiger partial charge in [-0.1, -0.05) is 290 Å². The summed E-state index contributed by atoms with van der Waals surface area (Å²) in [6.45, 7) is 6.81. The van der Waals surface area contributed by atoms with Crippen LogP contribution in [0.2, 0.25) is 0 Å². The molecule has 0 unspecified atom stereocenters. The van der Waals surface area contributed by atoms with Crippen LogP contribution in [0.5, 0.6) is 0 Å². The van der Waals surface area contributed by atoms with Crippen molar-refractivity contribution in [1.82, 2.24) is 0 Å². The predicted molar refractivity (Wildman–Crippen MR) is 267 cm³/mol. The van der Waals surface area contributed by atoms with E-state index in [1.54, 1.807) is 0 Å². The van der Waals surface area contributed by atoms with Crippen LogP contribution in [0, 0.1) is 0 Å². The van der Waals surface area contributed by atoms with Gasteiger partial charge in [-0.3, -0.25) is 14.4 Å². The first-order valence-electron chi connectivity index (χ1n) is 27.0. The molecule has 3 radical (unpaired) electrons. The summed E-state index contributed by atoms with van der Waals surface area (Å²) in [7, 11) is 0.